The molecule has 0 fully saturated rings. The fourth-order valence-electron chi connectivity index (χ4n) is 5.18. The van der Waals surface area contributed by atoms with Crippen LogP contribution in [-0.4, -0.2) is 18.7 Å². The molecule has 2 nitrogen and oxygen atoms in total. The quantitative estimate of drug-likeness (QED) is 0.218. The summed E-state index contributed by atoms with van der Waals surface area (Å²) in [6.45, 7) is 13.2. The maximum Gasteiger partial charge on any atom is 0.416 e. The molecule has 6 heteroatoms. The van der Waals surface area contributed by atoms with Crippen molar-refractivity contribution in [1.29, 1.82) is 0 Å². The van der Waals surface area contributed by atoms with Gasteiger partial charge in [0.05, 0.1) is 28.0 Å². The van der Waals surface area contributed by atoms with E-state index in [1.54, 1.807) is 19.0 Å². The van der Waals surface area contributed by atoms with Crippen molar-refractivity contribution < 1.29 is 13.2 Å². The van der Waals surface area contributed by atoms with Crippen LogP contribution >= 0.6 is 11.3 Å². The van der Waals surface area contributed by atoms with E-state index in [9.17, 15) is 13.2 Å². The molecule has 5 rings (SSSR count). The second kappa shape index (κ2) is 9.16. The maximum absolute atomic E-state index is 14.1. The standard InChI is InChI=1S/C33H35F3N2S/c1-31(2,3)20-11-13-26-23(16-20)24-17-21(32(4,5)6)12-14-27(24)38(26)30-25(29-10-9-15-39-29)18-22(33(34,35)36)19-28(30)37(7)8/h9-19H,1-8H3. The SMILES string of the molecule is CN(C)c1cc(C(F)(F)F)cc(-c2cccs2)c1-n1c2ccc(C(C)(C)C)cc2c2cc(C(C)(C)C)ccc21. The number of rotatable bonds is 3. The molecule has 0 aliphatic rings. The summed E-state index contributed by atoms with van der Waals surface area (Å²) >= 11 is 1.45. The van der Waals surface area contributed by atoms with Crippen molar-refractivity contribution in [3.05, 3.63) is 82.7 Å². The van der Waals surface area contributed by atoms with Crippen molar-refractivity contribution in [2.45, 2.75) is 58.5 Å². The third kappa shape index (κ3) is 4.84. The van der Waals surface area contributed by atoms with Gasteiger partial charge in [0.15, 0.2) is 0 Å². The summed E-state index contributed by atoms with van der Waals surface area (Å²) in [5.74, 6) is 0. The van der Waals surface area contributed by atoms with Crippen LogP contribution in [-0.2, 0) is 17.0 Å². The Morgan fingerprint density at radius 2 is 1.23 bits per heavy atom. The molecule has 204 valence electrons. The zero-order valence-corrected chi connectivity index (χ0v) is 24.6. The van der Waals surface area contributed by atoms with Crippen LogP contribution in [0.3, 0.4) is 0 Å². The summed E-state index contributed by atoms with van der Waals surface area (Å²) < 4.78 is 44.5. The number of anilines is 1. The number of aromatic nitrogens is 1. The predicted molar refractivity (Wildman–Crippen MR) is 161 cm³/mol. The fraction of sp³-hybridized carbons (Fsp3) is 0.333. The molecule has 39 heavy (non-hydrogen) atoms. The van der Waals surface area contributed by atoms with Gasteiger partial charge in [0.2, 0.25) is 0 Å². The molecule has 2 heterocycles. The first-order chi connectivity index (χ1) is 18.1. The summed E-state index contributed by atoms with van der Waals surface area (Å²) in [6.07, 6.45) is -4.46. The highest BCUT2D eigenvalue weighted by Crippen LogP contribution is 2.46. The van der Waals surface area contributed by atoms with Crippen molar-refractivity contribution in [2.24, 2.45) is 0 Å². The molecule has 0 bridgehead atoms. The van der Waals surface area contributed by atoms with E-state index in [0.29, 0.717) is 11.3 Å². The van der Waals surface area contributed by atoms with Crippen LogP contribution in [0.4, 0.5) is 18.9 Å². The van der Waals surface area contributed by atoms with Crippen molar-refractivity contribution in [1.82, 2.24) is 4.57 Å². The van der Waals surface area contributed by atoms with Gasteiger partial charge in [0, 0.05) is 35.3 Å². The Bertz CT molecular complexity index is 1600. The highest BCUT2D eigenvalue weighted by molar-refractivity contribution is 7.13. The van der Waals surface area contributed by atoms with Crippen LogP contribution < -0.4 is 4.90 Å². The first-order valence-corrected chi connectivity index (χ1v) is 14.0. The molecule has 0 amide bonds. The van der Waals surface area contributed by atoms with Crippen LogP contribution in [0.5, 0.6) is 0 Å². The summed E-state index contributed by atoms with van der Waals surface area (Å²) in [6, 6.07) is 19.4. The minimum absolute atomic E-state index is 0.0461. The largest absolute Gasteiger partial charge is 0.416 e. The second-order valence-corrected chi connectivity index (χ2v) is 13.5. The normalized spacial score (nSPS) is 13.0. The Morgan fingerprint density at radius 3 is 1.64 bits per heavy atom. The number of hydrogen-bond donors (Lipinski definition) is 0. The van der Waals surface area contributed by atoms with Gasteiger partial charge >= 0.3 is 6.18 Å². The Kier molecular flexibility index (Phi) is 6.41. The van der Waals surface area contributed by atoms with Crippen molar-refractivity contribution >= 4 is 38.8 Å². The van der Waals surface area contributed by atoms with E-state index in [0.717, 1.165) is 32.4 Å². The molecule has 0 radical (unpaired) electrons. The summed E-state index contributed by atoms with van der Waals surface area (Å²) in [4.78, 5) is 2.58. The average Bonchev–Trinajstić information content (AvgIpc) is 3.47. The van der Waals surface area contributed by atoms with Crippen LogP contribution in [0.25, 0.3) is 37.9 Å². The Hall–Kier alpha value is -3.25. The minimum Gasteiger partial charge on any atom is -0.376 e. The Labute approximate surface area is 232 Å². The van der Waals surface area contributed by atoms with Crippen LogP contribution in [0.15, 0.2) is 66.0 Å². The van der Waals surface area contributed by atoms with Gasteiger partial charge in [-0.25, -0.2) is 0 Å². The van der Waals surface area contributed by atoms with Gasteiger partial charge in [-0.3, -0.25) is 0 Å². The highest BCUT2D eigenvalue weighted by atomic mass is 32.1. The second-order valence-electron chi connectivity index (χ2n) is 12.6. The number of alkyl halides is 3. The molecule has 2 aromatic heterocycles. The van der Waals surface area contributed by atoms with Crippen LogP contribution in [0, 0.1) is 0 Å². The number of halogens is 3. The Balaban J connectivity index is 1.99. The zero-order chi connectivity index (χ0) is 28.5. The van der Waals surface area contributed by atoms with Gasteiger partial charge in [0.25, 0.3) is 0 Å². The number of benzene rings is 3. The molecule has 0 atom stereocenters. The van der Waals surface area contributed by atoms with Crippen LogP contribution in [0.2, 0.25) is 0 Å². The van der Waals surface area contributed by atoms with Gasteiger partial charge in [-0.15, -0.1) is 11.3 Å². The fourth-order valence-corrected chi connectivity index (χ4v) is 5.92. The molecule has 0 saturated carbocycles. The molecule has 5 aromatic rings. The number of fused-ring (bicyclic) bond motifs is 3. The minimum atomic E-state index is -4.46. The molecule has 0 N–H and O–H groups in total. The Morgan fingerprint density at radius 1 is 0.692 bits per heavy atom. The third-order valence-corrected chi connectivity index (χ3v) is 8.31. The molecular formula is C33H35F3N2S. The lowest BCUT2D eigenvalue weighted by molar-refractivity contribution is -0.137. The lowest BCUT2D eigenvalue weighted by atomic mass is 9.85. The first-order valence-electron chi connectivity index (χ1n) is 13.1. The van der Waals surface area contributed by atoms with Gasteiger partial charge in [-0.1, -0.05) is 59.7 Å². The molecule has 0 saturated heterocycles. The summed E-state index contributed by atoms with van der Waals surface area (Å²) in [7, 11) is 3.61. The predicted octanol–water partition coefficient (Wildman–Crippen LogP) is 10.2. The number of nitrogens with zero attached hydrogens (tertiary/aromatic N) is 2. The molecule has 0 unspecified atom stereocenters. The van der Waals surface area contributed by atoms with E-state index >= 15 is 0 Å². The van der Waals surface area contributed by atoms with Crippen molar-refractivity contribution in [3.63, 3.8) is 0 Å². The topological polar surface area (TPSA) is 8.17 Å². The van der Waals surface area contributed by atoms with E-state index < -0.39 is 11.7 Å². The first kappa shape index (κ1) is 27.3. The average molecular weight is 549 g/mol. The van der Waals surface area contributed by atoms with E-state index in [2.05, 4.69) is 82.5 Å². The smallest absolute Gasteiger partial charge is 0.376 e. The maximum atomic E-state index is 14.1. The van der Waals surface area contributed by atoms with Crippen molar-refractivity contribution in [3.8, 4) is 16.1 Å². The number of thiophene rings is 1. The summed E-state index contributed by atoms with van der Waals surface area (Å²) in [5, 5.41) is 4.11. The lowest BCUT2D eigenvalue weighted by Crippen LogP contribution is -2.16. The molecule has 0 aliphatic heterocycles. The van der Waals surface area contributed by atoms with Crippen molar-refractivity contribution in [2.75, 3.05) is 19.0 Å². The van der Waals surface area contributed by atoms with Gasteiger partial charge in [-0.05, 0) is 69.8 Å². The summed E-state index contributed by atoms with van der Waals surface area (Å²) in [5.41, 5.74) is 5.49. The molecule has 0 aliphatic carbocycles. The zero-order valence-electron chi connectivity index (χ0n) is 23.8. The third-order valence-electron chi connectivity index (χ3n) is 7.41. The number of hydrogen-bond acceptors (Lipinski definition) is 2. The van der Waals surface area contributed by atoms with E-state index in [1.807, 2.05) is 17.5 Å². The monoisotopic (exact) mass is 548 g/mol. The van der Waals surface area contributed by atoms with Gasteiger partial charge in [0.1, 0.15) is 0 Å². The van der Waals surface area contributed by atoms with E-state index in [4.69, 9.17) is 0 Å². The lowest BCUT2D eigenvalue weighted by Gasteiger charge is -2.25. The van der Waals surface area contributed by atoms with Crippen LogP contribution in [0.1, 0.15) is 58.2 Å². The van der Waals surface area contributed by atoms with Gasteiger partial charge < -0.3 is 9.47 Å². The highest BCUT2D eigenvalue weighted by Gasteiger charge is 2.34. The van der Waals surface area contributed by atoms with Gasteiger partial charge in [-0.2, -0.15) is 13.2 Å². The molecule has 0 spiro atoms. The van der Waals surface area contributed by atoms with E-state index in [-0.39, 0.29) is 10.8 Å². The molecular weight excluding hydrogens is 513 g/mol. The molecule has 3 aromatic carbocycles. The van der Waals surface area contributed by atoms with E-state index in [1.165, 1.54) is 34.6 Å².